The number of carbonyl (C=O) groups excluding carboxylic acids is 2. The Hall–Kier alpha value is -2.77. The van der Waals surface area contributed by atoms with E-state index in [4.69, 9.17) is 10.1 Å². The molecule has 1 aromatic carbocycles. The Morgan fingerprint density at radius 2 is 2.23 bits per heavy atom. The number of ether oxygens (including phenoxy) is 1. The molecule has 8 heteroatoms. The van der Waals surface area contributed by atoms with Crippen LogP contribution in [0.1, 0.15) is 30.1 Å². The molecule has 0 aliphatic carbocycles. The molecule has 1 aromatic rings. The van der Waals surface area contributed by atoms with Crippen LogP contribution in [0.2, 0.25) is 0 Å². The van der Waals surface area contributed by atoms with Gasteiger partial charge < -0.3 is 20.4 Å². The predicted octanol–water partition coefficient (Wildman–Crippen LogP) is 2.33. The van der Waals surface area contributed by atoms with E-state index in [2.05, 4.69) is 10.3 Å². The number of likely N-dealkylation sites (tertiary alicyclic amines) is 1. The summed E-state index contributed by atoms with van der Waals surface area (Å²) in [4.78, 5) is 30.4. The Morgan fingerprint density at radius 3 is 2.92 bits per heavy atom. The standard InChI is InChI=1S/C18H23FN4O3/c1-12-3-4-13(18(25)26-2)10-23(12)17(24)15-6-5-14(19)9-16(15)22-11-21-8-7-20/h5-9,12-13,20,22H,3-4,10-11H2,1-2H3/b20-7?,21-8-/t12-,13?/m1/s1. The number of piperidine rings is 1. The van der Waals surface area contributed by atoms with Crippen LogP contribution in [0, 0.1) is 17.1 Å². The van der Waals surface area contributed by atoms with E-state index in [0.29, 0.717) is 24.1 Å². The molecule has 0 saturated carbocycles. The molecule has 1 heterocycles. The minimum absolute atomic E-state index is 0.0303. The van der Waals surface area contributed by atoms with Crippen LogP contribution in [-0.4, -0.2) is 55.6 Å². The van der Waals surface area contributed by atoms with Gasteiger partial charge in [-0.2, -0.15) is 0 Å². The number of nitrogens with one attached hydrogen (secondary N) is 2. The topological polar surface area (TPSA) is 94.8 Å². The fraction of sp³-hybridized carbons (Fsp3) is 0.444. The maximum absolute atomic E-state index is 13.6. The van der Waals surface area contributed by atoms with E-state index in [0.717, 1.165) is 6.21 Å². The van der Waals surface area contributed by atoms with Crippen LogP contribution in [0.25, 0.3) is 0 Å². The average Bonchev–Trinajstić information content (AvgIpc) is 2.64. The number of nitrogens with zero attached hydrogens (tertiary/aromatic N) is 2. The molecule has 1 amide bonds. The van der Waals surface area contributed by atoms with Crippen LogP contribution < -0.4 is 5.32 Å². The van der Waals surface area contributed by atoms with Crippen LogP contribution in [0.15, 0.2) is 23.2 Å². The average molecular weight is 362 g/mol. The molecule has 1 aliphatic rings. The number of esters is 1. The third-order valence-electron chi connectivity index (χ3n) is 4.43. The summed E-state index contributed by atoms with van der Waals surface area (Å²) in [6.45, 7) is 2.31. The molecule has 0 aromatic heterocycles. The third-order valence-corrected chi connectivity index (χ3v) is 4.43. The predicted molar refractivity (Wildman–Crippen MR) is 97.4 cm³/mol. The fourth-order valence-electron chi connectivity index (χ4n) is 2.99. The second-order valence-electron chi connectivity index (χ2n) is 6.13. The highest BCUT2D eigenvalue weighted by Gasteiger charge is 2.34. The largest absolute Gasteiger partial charge is 0.469 e. The first kappa shape index (κ1) is 19.6. The summed E-state index contributed by atoms with van der Waals surface area (Å²) in [5.41, 5.74) is 0.637. The van der Waals surface area contributed by atoms with Gasteiger partial charge in [0.15, 0.2) is 0 Å². The van der Waals surface area contributed by atoms with Crippen molar-refractivity contribution < 1.29 is 18.7 Å². The van der Waals surface area contributed by atoms with Gasteiger partial charge in [0.1, 0.15) is 12.5 Å². The maximum Gasteiger partial charge on any atom is 0.310 e. The van der Waals surface area contributed by atoms with Gasteiger partial charge in [-0.05, 0) is 38.0 Å². The van der Waals surface area contributed by atoms with Gasteiger partial charge in [-0.25, -0.2) is 4.39 Å². The van der Waals surface area contributed by atoms with E-state index < -0.39 is 5.82 Å². The van der Waals surface area contributed by atoms with Crippen LogP contribution in [0.3, 0.4) is 0 Å². The molecule has 1 saturated heterocycles. The molecular weight excluding hydrogens is 339 g/mol. The molecule has 1 unspecified atom stereocenters. The summed E-state index contributed by atoms with van der Waals surface area (Å²) in [5, 5.41) is 9.78. The van der Waals surface area contributed by atoms with Crippen molar-refractivity contribution in [3.8, 4) is 0 Å². The summed E-state index contributed by atoms with van der Waals surface area (Å²) < 4.78 is 18.4. The molecule has 2 atom stereocenters. The first-order valence-electron chi connectivity index (χ1n) is 8.39. The normalized spacial score (nSPS) is 20.0. The van der Waals surface area contributed by atoms with Crippen LogP contribution in [0.4, 0.5) is 10.1 Å². The van der Waals surface area contributed by atoms with Crippen LogP contribution in [0.5, 0.6) is 0 Å². The zero-order valence-corrected chi connectivity index (χ0v) is 14.9. The van der Waals surface area contributed by atoms with Gasteiger partial charge in [0, 0.05) is 25.0 Å². The summed E-state index contributed by atoms with van der Waals surface area (Å²) in [7, 11) is 1.34. The molecule has 140 valence electrons. The fourth-order valence-corrected chi connectivity index (χ4v) is 2.99. The zero-order chi connectivity index (χ0) is 19.1. The smallest absolute Gasteiger partial charge is 0.310 e. The Kier molecular flexibility index (Phi) is 6.82. The number of halogens is 1. The molecule has 2 rings (SSSR count). The summed E-state index contributed by atoms with van der Waals surface area (Å²) >= 11 is 0. The Bertz CT molecular complexity index is 708. The lowest BCUT2D eigenvalue weighted by atomic mass is 9.92. The van der Waals surface area contributed by atoms with Crippen molar-refractivity contribution in [2.24, 2.45) is 10.9 Å². The van der Waals surface area contributed by atoms with E-state index in [1.165, 1.54) is 31.5 Å². The molecular formula is C18H23FN4O3. The van der Waals surface area contributed by atoms with Crippen LogP contribution >= 0.6 is 0 Å². The van der Waals surface area contributed by atoms with Gasteiger partial charge >= 0.3 is 5.97 Å². The van der Waals surface area contributed by atoms with E-state index >= 15 is 0 Å². The van der Waals surface area contributed by atoms with Gasteiger partial charge in [0.2, 0.25) is 0 Å². The van der Waals surface area contributed by atoms with Gasteiger partial charge in [-0.3, -0.25) is 14.6 Å². The van der Waals surface area contributed by atoms with Gasteiger partial charge in [-0.15, -0.1) is 0 Å². The molecule has 1 fully saturated rings. The van der Waals surface area contributed by atoms with Gasteiger partial charge in [-0.1, -0.05) is 0 Å². The van der Waals surface area contributed by atoms with E-state index in [9.17, 15) is 14.0 Å². The molecule has 2 N–H and O–H groups in total. The number of amides is 1. The van der Waals surface area contributed by atoms with E-state index in [-0.39, 0.29) is 37.0 Å². The van der Waals surface area contributed by atoms with E-state index in [1.807, 2.05) is 6.92 Å². The second kappa shape index (κ2) is 9.07. The van der Waals surface area contributed by atoms with Crippen molar-refractivity contribution in [1.29, 1.82) is 5.41 Å². The Balaban J connectivity index is 2.22. The minimum atomic E-state index is -0.473. The first-order chi connectivity index (χ1) is 12.5. The summed E-state index contributed by atoms with van der Waals surface area (Å²) in [6.07, 6.45) is 3.69. The molecule has 0 bridgehead atoms. The third kappa shape index (κ3) is 4.65. The Morgan fingerprint density at radius 1 is 1.46 bits per heavy atom. The number of carbonyl (C=O) groups is 2. The van der Waals surface area contributed by atoms with Crippen molar-refractivity contribution in [2.45, 2.75) is 25.8 Å². The van der Waals surface area contributed by atoms with Gasteiger partial charge in [0.25, 0.3) is 5.91 Å². The number of rotatable bonds is 6. The van der Waals surface area contributed by atoms with Crippen molar-refractivity contribution in [3.05, 3.63) is 29.6 Å². The summed E-state index contributed by atoms with van der Waals surface area (Å²) in [6, 6.07) is 3.86. The van der Waals surface area contributed by atoms with Crippen molar-refractivity contribution in [3.63, 3.8) is 0 Å². The van der Waals surface area contributed by atoms with Crippen molar-refractivity contribution >= 4 is 30.0 Å². The number of hydrogen-bond donors (Lipinski definition) is 2. The molecule has 7 nitrogen and oxygen atoms in total. The van der Waals surface area contributed by atoms with E-state index in [1.54, 1.807) is 4.90 Å². The highest BCUT2D eigenvalue weighted by Crippen LogP contribution is 2.27. The second-order valence-corrected chi connectivity index (χ2v) is 6.13. The lowest BCUT2D eigenvalue weighted by Gasteiger charge is -2.37. The monoisotopic (exact) mass is 362 g/mol. The van der Waals surface area contributed by atoms with Crippen LogP contribution in [-0.2, 0) is 9.53 Å². The number of anilines is 1. The molecule has 26 heavy (non-hydrogen) atoms. The first-order valence-corrected chi connectivity index (χ1v) is 8.39. The highest BCUT2D eigenvalue weighted by atomic mass is 19.1. The van der Waals surface area contributed by atoms with Crippen molar-refractivity contribution in [1.82, 2.24) is 4.90 Å². The molecule has 0 radical (unpaired) electrons. The Labute approximate surface area is 151 Å². The quantitative estimate of drug-likeness (QED) is 0.600. The summed E-state index contributed by atoms with van der Waals surface area (Å²) in [5.74, 6) is -1.42. The molecule has 1 aliphatic heterocycles. The lowest BCUT2D eigenvalue weighted by Crippen LogP contribution is -2.47. The van der Waals surface area contributed by atoms with Gasteiger partial charge in [0.05, 0.1) is 24.3 Å². The van der Waals surface area contributed by atoms with Crippen molar-refractivity contribution in [2.75, 3.05) is 25.6 Å². The number of benzene rings is 1. The maximum atomic E-state index is 13.6. The SMILES string of the molecule is COC(=O)C1CC[C@@H](C)N(C(=O)c2ccc(F)cc2NC/N=C\C=N)C1. The highest BCUT2D eigenvalue weighted by molar-refractivity contribution is 6.14. The number of aliphatic imine (C=N–C) groups is 1. The minimum Gasteiger partial charge on any atom is -0.469 e. The number of methoxy groups -OCH3 is 1. The zero-order valence-electron chi connectivity index (χ0n) is 14.9. The number of hydrogen-bond acceptors (Lipinski definition) is 6. The lowest BCUT2D eigenvalue weighted by molar-refractivity contribution is -0.147. The molecule has 0 spiro atoms.